The fraction of sp³-hybridized carbons (Fsp3) is 0.391. The van der Waals surface area contributed by atoms with Gasteiger partial charge in [-0.3, -0.25) is 9.59 Å². The molecular formula is C23H26N2O3. The van der Waals surface area contributed by atoms with Crippen molar-refractivity contribution in [3.63, 3.8) is 0 Å². The zero-order chi connectivity index (χ0) is 19.3. The molecule has 1 atom stereocenters. The van der Waals surface area contributed by atoms with Crippen molar-refractivity contribution in [2.24, 2.45) is 5.92 Å². The van der Waals surface area contributed by atoms with Gasteiger partial charge in [-0.15, -0.1) is 0 Å². The predicted octanol–water partition coefficient (Wildman–Crippen LogP) is 4.00. The summed E-state index contributed by atoms with van der Waals surface area (Å²) in [6.45, 7) is 0.498. The van der Waals surface area contributed by atoms with Crippen LogP contribution in [0.4, 0.5) is 5.69 Å². The number of hydrogen-bond donors (Lipinski definition) is 2. The quantitative estimate of drug-likeness (QED) is 0.683. The Balaban J connectivity index is 1.23. The standard InChI is InChI=1S/C23H26N2O3/c26-21(25-23(17-8-9-17)16-5-2-1-3-6-16)7-4-14-28-19-11-12-20-18(15-19)10-13-22(27)24-20/h1-3,5-6,11-12,15,17,23H,4,7-10,13-14H2,(H,24,27)(H,25,26). The van der Waals surface area contributed by atoms with Crippen LogP contribution < -0.4 is 15.4 Å². The molecular weight excluding hydrogens is 352 g/mol. The molecule has 0 radical (unpaired) electrons. The zero-order valence-corrected chi connectivity index (χ0v) is 15.9. The number of nitrogens with one attached hydrogen (secondary N) is 2. The van der Waals surface area contributed by atoms with E-state index >= 15 is 0 Å². The van der Waals surface area contributed by atoms with Gasteiger partial charge in [-0.25, -0.2) is 0 Å². The van der Waals surface area contributed by atoms with Crippen molar-refractivity contribution in [3.05, 3.63) is 59.7 Å². The lowest BCUT2D eigenvalue weighted by Crippen LogP contribution is -2.29. The third kappa shape index (κ3) is 4.71. The van der Waals surface area contributed by atoms with E-state index in [-0.39, 0.29) is 17.9 Å². The SMILES string of the molecule is O=C1CCc2cc(OCCCC(=O)NC(c3ccccc3)C3CC3)ccc2N1. The number of fused-ring (bicyclic) bond motifs is 1. The van der Waals surface area contributed by atoms with Gasteiger partial charge in [-0.2, -0.15) is 0 Å². The van der Waals surface area contributed by atoms with Crippen LogP contribution in [0.15, 0.2) is 48.5 Å². The molecule has 1 aliphatic heterocycles. The Hall–Kier alpha value is -2.82. The van der Waals surface area contributed by atoms with E-state index < -0.39 is 0 Å². The first-order valence-electron chi connectivity index (χ1n) is 10.1. The van der Waals surface area contributed by atoms with Gasteiger partial charge in [0, 0.05) is 18.5 Å². The van der Waals surface area contributed by atoms with E-state index in [1.807, 2.05) is 36.4 Å². The minimum atomic E-state index is 0.0622. The molecule has 5 heteroatoms. The third-order valence-corrected chi connectivity index (χ3v) is 5.36. The summed E-state index contributed by atoms with van der Waals surface area (Å²) in [7, 11) is 0. The van der Waals surface area contributed by atoms with Gasteiger partial charge in [-0.1, -0.05) is 30.3 Å². The summed E-state index contributed by atoms with van der Waals surface area (Å²) >= 11 is 0. The highest BCUT2D eigenvalue weighted by molar-refractivity contribution is 5.94. The predicted molar refractivity (Wildman–Crippen MR) is 108 cm³/mol. The number of carbonyl (C=O) groups excluding carboxylic acids is 2. The maximum Gasteiger partial charge on any atom is 0.224 e. The van der Waals surface area contributed by atoms with Crippen LogP contribution in [-0.4, -0.2) is 18.4 Å². The highest BCUT2D eigenvalue weighted by Gasteiger charge is 2.33. The maximum absolute atomic E-state index is 12.4. The van der Waals surface area contributed by atoms with Gasteiger partial charge >= 0.3 is 0 Å². The lowest BCUT2D eigenvalue weighted by molar-refractivity contribution is -0.122. The molecule has 2 aliphatic rings. The van der Waals surface area contributed by atoms with Crippen molar-refractivity contribution in [2.45, 2.75) is 44.6 Å². The maximum atomic E-state index is 12.4. The van der Waals surface area contributed by atoms with Crippen LogP contribution in [-0.2, 0) is 16.0 Å². The number of carbonyl (C=O) groups is 2. The second-order valence-electron chi connectivity index (χ2n) is 7.61. The first kappa shape index (κ1) is 18.5. The van der Waals surface area contributed by atoms with Gasteiger partial charge in [0.25, 0.3) is 0 Å². The molecule has 2 amide bonds. The molecule has 0 saturated heterocycles. The minimum absolute atomic E-state index is 0.0622. The van der Waals surface area contributed by atoms with E-state index in [0.717, 1.165) is 23.4 Å². The topological polar surface area (TPSA) is 67.4 Å². The fourth-order valence-electron chi connectivity index (χ4n) is 3.68. The van der Waals surface area contributed by atoms with Crippen LogP contribution >= 0.6 is 0 Å². The monoisotopic (exact) mass is 378 g/mol. The van der Waals surface area contributed by atoms with E-state index in [1.165, 1.54) is 18.4 Å². The van der Waals surface area contributed by atoms with Crippen LogP contribution in [0, 0.1) is 5.92 Å². The summed E-state index contributed by atoms with van der Waals surface area (Å²) < 4.78 is 5.81. The normalized spacial score (nSPS) is 16.6. The summed E-state index contributed by atoms with van der Waals surface area (Å²) in [6.07, 6.45) is 4.75. The highest BCUT2D eigenvalue weighted by atomic mass is 16.5. The molecule has 1 fully saturated rings. The van der Waals surface area contributed by atoms with Gasteiger partial charge in [0.1, 0.15) is 5.75 Å². The number of rotatable bonds is 8. The summed E-state index contributed by atoms with van der Waals surface area (Å²) in [5.74, 6) is 1.50. The molecule has 1 saturated carbocycles. The van der Waals surface area contributed by atoms with Gasteiger partial charge in [0.05, 0.1) is 12.6 Å². The third-order valence-electron chi connectivity index (χ3n) is 5.36. The number of aryl methyl sites for hydroxylation is 1. The number of benzene rings is 2. The van der Waals surface area contributed by atoms with Crippen LogP contribution in [0.5, 0.6) is 5.75 Å². The lowest BCUT2D eigenvalue weighted by atomic mass is 10.0. The smallest absolute Gasteiger partial charge is 0.224 e. The fourth-order valence-corrected chi connectivity index (χ4v) is 3.68. The molecule has 0 aromatic heterocycles. The summed E-state index contributed by atoms with van der Waals surface area (Å²) in [4.78, 5) is 23.8. The minimum Gasteiger partial charge on any atom is -0.494 e. The number of ether oxygens (including phenoxy) is 1. The molecule has 146 valence electrons. The van der Waals surface area contributed by atoms with Crippen LogP contribution in [0.1, 0.15) is 49.3 Å². The zero-order valence-electron chi connectivity index (χ0n) is 15.9. The Kier molecular flexibility index (Phi) is 5.60. The number of anilines is 1. The molecule has 2 aromatic rings. The van der Waals surface area contributed by atoms with Crippen molar-refractivity contribution < 1.29 is 14.3 Å². The van der Waals surface area contributed by atoms with Gasteiger partial charge < -0.3 is 15.4 Å². The Morgan fingerprint density at radius 2 is 1.96 bits per heavy atom. The van der Waals surface area contributed by atoms with Crippen LogP contribution in [0.2, 0.25) is 0 Å². The Morgan fingerprint density at radius 3 is 2.75 bits per heavy atom. The number of hydrogen-bond acceptors (Lipinski definition) is 3. The molecule has 1 heterocycles. The molecule has 4 rings (SSSR count). The number of amides is 2. The Bertz CT molecular complexity index is 846. The van der Waals surface area contributed by atoms with Crippen molar-refractivity contribution >= 4 is 17.5 Å². The average Bonchev–Trinajstić information content (AvgIpc) is 3.55. The largest absolute Gasteiger partial charge is 0.494 e. The molecule has 0 spiro atoms. The van der Waals surface area contributed by atoms with Crippen LogP contribution in [0.3, 0.4) is 0 Å². The highest BCUT2D eigenvalue weighted by Crippen LogP contribution is 2.41. The molecule has 0 bridgehead atoms. The van der Waals surface area contributed by atoms with Crippen molar-refractivity contribution in [1.82, 2.24) is 5.32 Å². The molecule has 28 heavy (non-hydrogen) atoms. The average molecular weight is 378 g/mol. The Labute approximate surface area is 165 Å². The van der Waals surface area contributed by atoms with Crippen molar-refractivity contribution in [3.8, 4) is 5.75 Å². The van der Waals surface area contributed by atoms with E-state index in [4.69, 9.17) is 4.74 Å². The van der Waals surface area contributed by atoms with E-state index in [0.29, 0.717) is 31.8 Å². The molecule has 1 unspecified atom stereocenters. The van der Waals surface area contributed by atoms with Gasteiger partial charge in [0.2, 0.25) is 11.8 Å². The van der Waals surface area contributed by atoms with Crippen molar-refractivity contribution in [1.29, 1.82) is 0 Å². The Morgan fingerprint density at radius 1 is 1.14 bits per heavy atom. The van der Waals surface area contributed by atoms with Gasteiger partial charge in [-0.05, 0) is 60.9 Å². The molecule has 2 N–H and O–H groups in total. The van der Waals surface area contributed by atoms with E-state index in [2.05, 4.69) is 22.8 Å². The van der Waals surface area contributed by atoms with E-state index in [1.54, 1.807) is 0 Å². The lowest BCUT2D eigenvalue weighted by Gasteiger charge is -2.19. The van der Waals surface area contributed by atoms with E-state index in [9.17, 15) is 9.59 Å². The van der Waals surface area contributed by atoms with Gasteiger partial charge in [0.15, 0.2) is 0 Å². The second kappa shape index (κ2) is 8.46. The summed E-state index contributed by atoms with van der Waals surface area (Å²) in [5.41, 5.74) is 3.16. The van der Waals surface area contributed by atoms with Crippen LogP contribution in [0.25, 0.3) is 0 Å². The second-order valence-corrected chi connectivity index (χ2v) is 7.61. The molecule has 1 aliphatic carbocycles. The first-order chi connectivity index (χ1) is 13.7. The molecule has 5 nitrogen and oxygen atoms in total. The first-order valence-corrected chi connectivity index (χ1v) is 10.1. The summed E-state index contributed by atoms with van der Waals surface area (Å²) in [5, 5.41) is 6.07. The summed E-state index contributed by atoms with van der Waals surface area (Å²) in [6, 6.07) is 16.1. The molecule has 2 aromatic carbocycles. The van der Waals surface area contributed by atoms with Crippen molar-refractivity contribution in [2.75, 3.05) is 11.9 Å².